The third kappa shape index (κ3) is 4.87. The van der Waals surface area contributed by atoms with E-state index in [9.17, 15) is 20.1 Å². The van der Waals surface area contributed by atoms with Crippen molar-refractivity contribution in [2.45, 2.75) is 63.8 Å². The minimum Gasteiger partial charge on any atom is -0.507 e. The van der Waals surface area contributed by atoms with Gasteiger partial charge < -0.3 is 34.9 Å². The van der Waals surface area contributed by atoms with E-state index in [1.165, 1.54) is 6.07 Å². The number of anilines is 1. The van der Waals surface area contributed by atoms with Gasteiger partial charge in [-0.3, -0.25) is 4.79 Å². The van der Waals surface area contributed by atoms with E-state index in [1.807, 2.05) is 19.1 Å². The van der Waals surface area contributed by atoms with Crippen LogP contribution in [0.1, 0.15) is 55.2 Å². The number of phenolic OH excluding ortho intramolecular Hbond substituents is 1. The molecule has 188 valence electrons. The number of fused-ring (bicyclic) bond motifs is 2. The molecule has 0 bridgehead atoms. The highest BCUT2D eigenvalue weighted by Gasteiger charge is 2.41. The van der Waals surface area contributed by atoms with Crippen LogP contribution in [-0.2, 0) is 24.0 Å². The summed E-state index contributed by atoms with van der Waals surface area (Å²) >= 11 is 0. The number of hydrogen-bond acceptors (Lipinski definition) is 8. The molecule has 1 aliphatic rings. The summed E-state index contributed by atoms with van der Waals surface area (Å²) in [5.74, 6) is 0.231. The van der Waals surface area contributed by atoms with Crippen molar-refractivity contribution in [2.75, 3.05) is 19.5 Å². The molecular formula is C27H33NO7. The Morgan fingerprint density at radius 3 is 2.74 bits per heavy atom. The Bertz CT molecular complexity index is 1280. The molecule has 4 rings (SSSR count). The number of phenols is 1. The van der Waals surface area contributed by atoms with Crippen LogP contribution in [0, 0.1) is 0 Å². The number of rotatable bonds is 8. The molecular weight excluding hydrogens is 450 g/mol. The number of nitrogen functional groups attached to an aromatic ring is 1. The van der Waals surface area contributed by atoms with Crippen LogP contribution in [0.15, 0.2) is 39.5 Å². The highest BCUT2D eigenvalue weighted by molar-refractivity contribution is 5.87. The fourth-order valence-electron chi connectivity index (χ4n) is 4.57. The van der Waals surface area contributed by atoms with Gasteiger partial charge in [0.25, 0.3) is 0 Å². The van der Waals surface area contributed by atoms with Crippen LogP contribution in [0.4, 0.5) is 5.69 Å². The molecule has 1 aromatic heterocycles. The number of hydrogen-bond donors (Lipinski definition) is 4. The third-order valence-electron chi connectivity index (χ3n) is 6.93. The topological polar surface area (TPSA) is 135 Å². The maximum Gasteiger partial charge on any atom is 0.196 e. The molecule has 8 nitrogen and oxygen atoms in total. The van der Waals surface area contributed by atoms with Gasteiger partial charge in [-0.2, -0.15) is 0 Å². The monoisotopic (exact) mass is 483 g/mol. The van der Waals surface area contributed by atoms with Crippen molar-refractivity contribution in [3.05, 3.63) is 63.0 Å². The summed E-state index contributed by atoms with van der Waals surface area (Å²) in [7, 11) is 1.65. The minimum atomic E-state index is -0.929. The summed E-state index contributed by atoms with van der Waals surface area (Å²) in [6, 6.07) is 8.65. The number of aryl methyl sites for hydroxylation is 1. The maximum absolute atomic E-state index is 12.7. The summed E-state index contributed by atoms with van der Waals surface area (Å²) in [6.45, 7) is 4.18. The fourth-order valence-corrected chi connectivity index (χ4v) is 4.57. The van der Waals surface area contributed by atoms with Gasteiger partial charge in [-0.25, -0.2) is 0 Å². The second-order valence-corrected chi connectivity index (χ2v) is 9.42. The van der Waals surface area contributed by atoms with Crippen molar-refractivity contribution < 1.29 is 29.2 Å². The van der Waals surface area contributed by atoms with Gasteiger partial charge in [-0.05, 0) is 49.8 Å². The van der Waals surface area contributed by atoms with Gasteiger partial charge in [-0.1, -0.05) is 19.1 Å². The predicted octanol–water partition coefficient (Wildman–Crippen LogP) is 3.40. The number of aromatic hydroxyl groups is 1. The van der Waals surface area contributed by atoms with E-state index in [-0.39, 0.29) is 28.9 Å². The van der Waals surface area contributed by atoms with Crippen LogP contribution in [0.5, 0.6) is 11.5 Å². The van der Waals surface area contributed by atoms with E-state index in [0.29, 0.717) is 43.6 Å². The molecule has 0 fully saturated rings. The van der Waals surface area contributed by atoms with E-state index in [0.717, 1.165) is 16.8 Å². The first-order chi connectivity index (χ1) is 16.7. The van der Waals surface area contributed by atoms with Crippen LogP contribution in [0.3, 0.4) is 0 Å². The quantitative estimate of drug-likeness (QED) is 0.358. The molecule has 8 heteroatoms. The molecule has 3 atom stereocenters. The lowest BCUT2D eigenvalue weighted by Crippen LogP contribution is -2.49. The highest BCUT2D eigenvalue weighted by atomic mass is 16.5. The first-order valence-electron chi connectivity index (χ1n) is 11.9. The molecule has 2 heterocycles. The number of ether oxygens (including phenoxy) is 2. The van der Waals surface area contributed by atoms with Crippen molar-refractivity contribution in [3.63, 3.8) is 0 Å². The van der Waals surface area contributed by atoms with Crippen LogP contribution in [-0.4, -0.2) is 40.7 Å². The third-order valence-corrected chi connectivity index (χ3v) is 6.93. The molecule has 3 unspecified atom stereocenters. The second-order valence-electron chi connectivity index (χ2n) is 9.42. The van der Waals surface area contributed by atoms with Crippen LogP contribution < -0.4 is 15.9 Å². The molecule has 0 aliphatic carbocycles. The summed E-state index contributed by atoms with van der Waals surface area (Å²) in [5.41, 5.74) is 8.01. The lowest BCUT2D eigenvalue weighted by Gasteiger charge is -2.40. The Labute approximate surface area is 203 Å². The van der Waals surface area contributed by atoms with Crippen molar-refractivity contribution in [1.82, 2.24) is 0 Å². The molecule has 5 N–H and O–H groups in total. The molecule has 2 aromatic carbocycles. The van der Waals surface area contributed by atoms with Gasteiger partial charge in [-0.15, -0.1) is 0 Å². The van der Waals surface area contributed by atoms with Crippen molar-refractivity contribution in [3.8, 4) is 11.5 Å². The van der Waals surface area contributed by atoms with Gasteiger partial charge in [0.15, 0.2) is 5.43 Å². The summed E-state index contributed by atoms with van der Waals surface area (Å²) in [5, 5.41) is 32.0. The number of methoxy groups -OCH3 is 1. The van der Waals surface area contributed by atoms with Crippen LogP contribution in [0.25, 0.3) is 11.0 Å². The summed E-state index contributed by atoms with van der Waals surface area (Å²) < 4.78 is 17.2. The molecule has 0 saturated heterocycles. The predicted molar refractivity (Wildman–Crippen MR) is 133 cm³/mol. The van der Waals surface area contributed by atoms with Gasteiger partial charge in [0, 0.05) is 36.9 Å². The molecule has 0 amide bonds. The average molecular weight is 484 g/mol. The lowest BCUT2D eigenvalue weighted by molar-refractivity contribution is -0.0595. The molecule has 3 aromatic rings. The fraction of sp³-hybridized carbons (Fsp3) is 0.444. The minimum absolute atomic E-state index is 0.0145. The smallest absolute Gasteiger partial charge is 0.196 e. The zero-order chi connectivity index (χ0) is 25.3. The number of nitrogens with two attached hydrogens (primary N) is 1. The summed E-state index contributed by atoms with van der Waals surface area (Å²) in [6.07, 6.45) is 0.563. The van der Waals surface area contributed by atoms with Gasteiger partial charge in [0.05, 0.1) is 12.7 Å². The van der Waals surface area contributed by atoms with Crippen LogP contribution in [0.2, 0.25) is 0 Å². The standard InChI is InChI=1S/C27H33NO7/c1-4-19(29)22-13-20(30)25-23(34-22)14-21-17(26(25)32)12-24(31)27(2,35-21)9-7-15-5-6-18(28)16(11-15)8-10-33-3/h5-6,11,13-14,19,24,29,31-32H,4,7-10,12,28H2,1-3H3. The summed E-state index contributed by atoms with van der Waals surface area (Å²) in [4.78, 5) is 12.7. The van der Waals surface area contributed by atoms with Gasteiger partial charge >= 0.3 is 0 Å². The number of aliphatic hydroxyl groups is 2. The first-order valence-corrected chi connectivity index (χ1v) is 11.9. The van der Waals surface area contributed by atoms with E-state index < -0.39 is 23.2 Å². The normalized spacial score (nSPS) is 20.4. The average Bonchev–Trinajstić information content (AvgIpc) is 2.83. The number of aliphatic hydroxyl groups excluding tert-OH is 2. The maximum atomic E-state index is 12.7. The molecule has 0 spiro atoms. The van der Waals surface area contributed by atoms with Crippen molar-refractivity contribution in [1.29, 1.82) is 0 Å². The highest BCUT2D eigenvalue weighted by Crippen LogP contribution is 2.43. The lowest BCUT2D eigenvalue weighted by atomic mass is 9.84. The Morgan fingerprint density at radius 1 is 1.26 bits per heavy atom. The van der Waals surface area contributed by atoms with Gasteiger partial charge in [0.1, 0.15) is 39.9 Å². The molecule has 0 radical (unpaired) electrons. The van der Waals surface area contributed by atoms with E-state index >= 15 is 0 Å². The Hall–Kier alpha value is -3.07. The molecule has 0 saturated carbocycles. The Morgan fingerprint density at radius 2 is 2.03 bits per heavy atom. The zero-order valence-corrected chi connectivity index (χ0v) is 20.3. The number of benzene rings is 2. The largest absolute Gasteiger partial charge is 0.507 e. The molecule has 35 heavy (non-hydrogen) atoms. The Kier molecular flexibility index (Phi) is 7.07. The van der Waals surface area contributed by atoms with Crippen molar-refractivity contribution in [2.24, 2.45) is 0 Å². The SMILES string of the molecule is CCC(O)c1cc(=O)c2c(O)c3c(cc2o1)OC(C)(CCc1ccc(N)c(CCOC)c1)C(O)C3. The zero-order valence-electron chi connectivity index (χ0n) is 20.3. The Balaban J connectivity index is 1.63. The van der Waals surface area contributed by atoms with Crippen molar-refractivity contribution >= 4 is 16.7 Å². The first kappa shape index (κ1) is 25.0. The van der Waals surface area contributed by atoms with E-state index in [4.69, 9.17) is 19.6 Å². The van der Waals surface area contributed by atoms with Gasteiger partial charge in [0.2, 0.25) is 0 Å². The van der Waals surface area contributed by atoms with E-state index in [1.54, 1.807) is 20.1 Å². The van der Waals surface area contributed by atoms with E-state index in [2.05, 4.69) is 6.07 Å². The second kappa shape index (κ2) is 9.89. The van der Waals surface area contributed by atoms with Crippen LogP contribution >= 0.6 is 0 Å². The molecule has 1 aliphatic heterocycles.